The van der Waals surface area contributed by atoms with Gasteiger partial charge in [0.15, 0.2) is 0 Å². The SMILES string of the molecule is CCCCOCCOCCOCCC1(CBr)CCOC1C. The van der Waals surface area contributed by atoms with Crippen molar-refractivity contribution >= 4 is 15.9 Å². The van der Waals surface area contributed by atoms with Crippen molar-refractivity contribution in [3.8, 4) is 0 Å². The number of hydrogen-bond donors (Lipinski definition) is 0. The second-order valence-corrected chi connectivity index (χ2v) is 6.26. The molecule has 0 aromatic rings. The standard InChI is InChI=1S/C16H31BrO4/c1-3-4-7-18-10-12-20-13-11-19-8-5-16(14-17)6-9-21-15(16)2/h15H,3-14H2,1-2H3. The number of hydrogen-bond acceptors (Lipinski definition) is 4. The maximum Gasteiger partial charge on any atom is 0.0701 e. The summed E-state index contributed by atoms with van der Waals surface area (Å²) in [6.45, 7) is 9.44. The van der Waals surface area contributed by atoms with Gasteiger partial charge in [0.1, 0.15) is 0 Å². The van der Waals surface area contributed by atoms with Crippen LogP contribution in [-0.2, 0) is 18.9 Å². The Morgan fingerprint density at radius 2 is 1.67 bits per heavy atom. The summed E-state index contributed by atoms with van der Waals surface area (Å²) >= 11 is 3.63. The van der Waals surface area contributed by atoms with Crippen LogP contribution in [0.4, 0.5) is 0 Å². The predicted molar refractivity (Wildman–Crippen MR) is 88.2 cm³/mol. The van der Waals surface area contributed by atoms with Crippen molar-refractivity contribution in [3.05, 3.63) is 0 Å². The van der Waals surface area contributed by atoms with E-state index in [2.05, 4.69) is 29.8 Å². The highest BCUT2D eigenvalue weighted by molar-refractivity contribution is 9.09. The molecule has 0 radical (unpaired) electrons. The molecule has 4 nitrogen and oxygen atoms in total. The summed E-state index contributed by atoms with van der Waals surface area (Å²) in [4.78, 5) is 0. The van der Waals surface area contributed by atoms with E-state index in [9.17, 15) is 0 Å². The van der Waals surface area contributed by atoms with E-state index < -0.39 is 0 Å². The zero-order valence-electron chi connectivity index (χ0n) is 13.6. The summed E-state index contributed by atoms with van der Waals surface area (Å²) in [5.74, 6) is 0. The molecule has 0 saturated carbocycles. The van der Waals surface area contributed by atoms with Crippen LogP contribution >= 0.6 is 15.9 Å². The highest BCUT2D eigenvalue weighted by Crippen LogP contribution is 2.39. The van der Waals surface area contributed by atoms with Crippen molar-refractivity contribution in [1.29, 1.82) is 0 Å². The third-order valence-corrected chi connectivity index (χ3v) is 5.34. The van der Waals surface area contributed by atoms with Gasteiger partial charge in [-0.3, -0.25) is 0 Å². The minimum Gasteiger partial charge on any atom is -0.379 e. The number of alkyl halides is 1. The summed E-state index contributed by atoms with van der Waals surface area (Å²) in [5, 5.41) is 0.982. The number of ether oxygens (including phenoxy) is 4. The van der Waals surface area contributed by atoms with Crippen LogP contribution in [0, 0.1) is 5.41 Å². The number of unbranched alkanes of at least 4 members (excludes halogenated alkanes) is 1. The summed E-state index contributed by atoms with van der Waals surface area (Å²) in [6, 6.07) is 0. The molecule has 1 rings (SSSR count). The van der Waals surface area contributed by atoms with Crippen molar-refractivity contribution in [2.24, 2.45) is 5.41 Å². The van der Waals surface area contributed by atoms with Crippen molar-refractivity contribution in [3.63, 3.8) is 0 Å². The maximum atomic E-state index is 5.69. The van der Waals surface area contributed by atoms with Gasteiger partial charge in [-0.15, -0.1) is 0 Å². The van der Waals surface area contributed by atoms with Crippen molar-refractivity contribution in [2.45, 2.75) is 45.6 Å². The molecule has 2 unspecified atom stereocenters. The molecule has 0 bridgehead atoms. The van der Waals surface area contributed by atoms with Gasteiger partial charge in [0.05, 0.1) is 32.5 Å². The molecule has 1 fully saturated rings. The van der Waals surface area contributed by atoms with Crippen LogP contribution < -0.4 is 0 Å². The van der Waals surface area contributed by atoms with Crippen LogP contribution in [0.3, 0.4) is 0 Å². The van der Waals surface area contributed by atoms with Gasteiger partial charge in [0.2, 0.25) is 0 Å². The van der Waals surface area contributed by atoms with Crippen molar-refractivity contribution in [2.75, 3.05) is 51.6 Å². The van der Waals surface area contributed by atoms with Crippen LogP contribution in [0.5, 0.6) is 0 Å². The fourth-order valence-electron chi connectivity index (χ4n) is 2.45. The molecule has 0 amide bonds. The van der Waals surface area contributed by atoms with Crippen molar-refractivity contribution in [1.82, 2.24) is 0 Å². The van der Waals surface area contributed by atoms with E-state index in [0.29, 0.717) is 32.5 Å². The third-order valence-electron chi connectivity index (χ3n) is 4.23. The summed E-state index contributed by atoms with van der Waals surface area (Å²) in [6.07, 6.45) is 4.78. The Balaban J connectivity index is 1.90. The van der Waals surface area contributed by atoms with Crippen LogP contribution in [0.2, 0.25) is 0 Å². The lowest BCUT2D eigenvalue weighted by atomic mass is 9.81. The van der Waals surface area contributed by atoms with E-state index in [-0.39, 0.29) is 5.41 Å². The molecule has 0 aliphatic carbocycles. The fraction of sp³-hybridized carbons (Fsp3) is 1.00. The zero-order chi connectivity index (χ0) is 15.4. The largest absolute Gasteiger partial charge is 0.379 e. The zero-order valence-corrected chi connectivity index (χ0v) is 15.2. The summed E-state index contributed by atoms with van der Waals surface area (Å²) in [5.41, 5.74) is 0.244. The van der Waals surface area contributed by atoms with Gasteiger partial charge in [-0.2, -0.15) is 0 Å². The second kappa shape index (κ2) is 11.8. The first-order chi connectivity index (χ1) is 10.2. The van der Waals surface area contributed by atoms with Crippen LogP contribution in [0.25, 0.3) is 0 Å². The fourth-order valence-corrected chi connectivity index (χ4v) is 3.47. The molecule has 0 N–H and O–H groups in total. The average molecular weight is 367 g/mol. The molecule has 1 heterocycles. The summed E-state index contributed by atoms with van der Waals surface area (Å²) < 4.78 is 22.3. The number of halogens is 1. The molecule has 2 atom stereocenters. The number of rotatable bonds is 13. The molecule has 0 aromatic heterocycles. The van der Waals surface area contributed by atoms with Gasteiger partial charge < -0.3 is 18.9 Å². The first-order valence-corrected chi connectivity index (χ1v) is 9.28. The third kappa shape index (κ3) is 7.42. The molecule has 1 aliphatic rings. The molecule has 1 saturated heterocycles. The van der Waals surface area contributed by atoms with Gasteiger partial charge in [-0.1, -0.05) is 29.3 Å². The lowest BCUT2D eigenvalue weighted by Gasteiger charge is -2.29. The van der Waals surface area contributed by atoms with E-state index in [1.54, 1.807) is 0 Å². The van der Waals surface area contributed by atoms with Gasteiger partial charge in [0.25, 0.3) is 0 Å². The molecule has 1 aliphatic heterocycles. The van der Waals surface area contributed by atoms with E-state index in [1.807, 2.05) is 0 Å². The minimum absolute atomic E-state index is 0.244. The monoisotopic (exact) mass is 366 g/mol. The van der Waals surface area contributed by atoms with Gasteiger partial charge >= 0.3 is 0 Å². The van der Waals surface area contributed by atoms with Crippen LogP contribution in [0.1, 0.15) is 39.5 Å². The Kier molecular flexibility index (Phi) is 10.9. The first-order valence-electron chi connectivity index (χ1n) is 8.16. The Morgan fingerprint density at radius 1 is 1.05 bits per heavy atom. The lowest BCUT2D eigenvalue weighted by molar-refractivity contribution is 0.00281. The smallest absolute Gasteiger partial charge is 0.0701 e. The van der Waals surface area contributed by atoms with E-state index in [1.165, 1.54) is 6.42 Å². The quantitative estimate of drug-likeness (QED) is 0.369. The van der Waals surface area contributed by atoms with Crippen LogP contribution in [0.15, 0.2) is 0 Å². The van der Waals surface area contributed by atoms with Gasteiger partial charge in [0, 0.05) is 30.6 Å². The molecule has 21 heavy (non-hydrogen) atoms. The molecule has 0 aromatic carbocycles. The molecular weight excluding hydrogens is 336 g/mol. The van der Waals surface area contributed by atoms with E-state index >= 15 is 0 Å². The minimum atomic E-state index is 0.244. The second-order valence-electron chi connectivity index (χ2n) is 5.70. The Bertz CT molecular complexity index is 252. The Morgan fingerprint density at radius 3 is 2.19 bits per heavy atom. The topological polar surface area (TPSA) is 36.9 Å². The Labute approximate surface area is 138 Å². The maximum absolute atomic E-state index is 5.69. The average Bonchev–Trinajstić information content (AvgIpc) is 2.86. The lowest BCUT2D eigenvalue weighted by Crippen LogP contribution is -2.32. The van der Waals surface area contributed by atoms with Gasteiger partial charge in [-0.05, 0) is 26.2 Å². The predicted octanol–water partition coefficient (Wildman–Crippen LogP) is 3.42. The highest BCUT2D eigenvalue weighted by Gasteiger charge is 2.40. The summed E-state index contributed by atoms with van der Waals surface area (Å²) in [7, 11) is 0. The van der Waals surface area contributed by atoms with E-state index in [4.69, 9.17) is 18.9 Å². The highest BCUT2D eigenvalue weighted by atomic mass is 79.9. The van der Waals surface area contributed by atoms with Crippen LogP contribution in [-0.4, -0.2) is 57.7 Å². The first kappa shape index (κ1) is 19.4. The van der Waals surface area contributed by atoms with Crippen molar-refractivity contribution < 1.29 is 18.9 Å². The molecular formula is C16H31BrO4. The molecule has 5 heteroatoms. The normalized spacial score (nSPS) is 25.6. The van der Waals surface area contributed by atoms with Gasteiger partial charge in [-0.25, -0.2) is 0 Å². The Hall–Kier alpha value is 0.320. The molecule has 126 valence electrons. The van der Waals surface area contributed by atoms with E-state index in [0.717, 1.165) is 44.4 Å². The molecule has 0 spiro atoms.